The largest absolute Gasteiger partial charge is 0.497 e. The van der Waals surface area contributed by atoms with Crippen LogP contribution in [0.25, 0.3) is 5.69 Å². The zero-order valence-corrected chi connectivity index (χ0v) is 19.2. The Kier molecular flexibility index (Phi) is 6.90. The van der Waals surface area contributed by atoms with Crippen LogP contribution in [0.4, 0.5) is 0 Å². The molecule has 2 heterocycles. The van der Waals surface area contributed by atoms with Crippen LogP contribution in [-0.2, 0) is 13.0 Å². The monoisotopic (exact) mass is 432 g/mol. The minimum Gasteiger partial charge on any atom is -0.497 e. The van der Waals surface area contributed by atoms with Crippen LogP contribution in [0.1, 0.15) is 46.9 Å². The molecule has 1 aliphatic rings. The van der Waals surface area contributed by atoms with Crippen LogP contribution in [0, 0.1) is 6.92 Å². The number of carbonyl (C=O) groups excluding carboxylic acids is 1. The van der Waals surface area contributed by atoms with Crippen molar-refractivity contribution in [2.24, 2.45) is 0 Å². The van der Waals surface area contributed by atoms with Gasteiger partial charge in [-0.1, -0.05) is 36.8 Å². The highest BCUT2D eigenvalue weighted by Crippen LogP contribution is 2.20. The van der Waals surface area contributed by atoms with E-state index >= 15 is 0 Å². The average Bonchev–Trinajstić information content (AvgIpc) is 3.25. The predicted molar refractivity (Wildman–Crippen MR) is 126 cm³/mol. The van der Waals surface area contributed by atoms with E-state index in [0.717, 1.165) is 56.0 Å². The van der Waals surface area contributed by atoms with Crippen molar-refractivity contribution in [3.8, 4) is 11.4 Å². The second kappa shape index (κ2) is 10.0. The molecule has 6 nitrogen and oxygen atoms in total. The Balaban J connectivity index is 1.35. The number of rotatable bonds is 7. The number of carbonyl (C=O) groups is 1. The fourth-order valence-corrected chi connectivity index (χ4v) is 4.34. The van der Waals surface area contributed by atoms with Gasteiger partial charge in [-0.05, 0) is 56.0 Å². The smallest absolute Gasteiger partial charge is 0.254 e. The summed E-state index contributed by atoms with van der Waals surface area (Å²) < 4.78 is 7.21. The zero-order valence-electron chi connectivity index (χ0n) is 19.2. The molecule has 0 bridgehead atoms. The molecule has 1 fully saturated rings. The summed E-state index contributed by atoms with van der Waals surface area (Å²) >= 11 is 0. The van der Waals surface area contributed by atoms with Gasteiger partial charge >= 0.3 is 0 Å². The number of aromatic nitrogens is 2. The van der Waals surface area contributed by atoms with Crippen molar-refractivity contribution in [3.05, 3.63) is 77.1 Å². The Hall–Kier alpha value is -3.12. The lowest BCUT2D eigenvalue weighted by molar-refractivity contribution is 0.0908. The third-order valence-electron chi connectivity index (χ3n) is 6.19. The molecule has 1 aliphatic heterocycles. The van der Waals surface area contributed by atoms with E-state index < -0.39 is 0 Å². The molecule has 0 radical (unpaired) electrons. The summed E-state index contributed by atoms with van der Waals surface area (Å²) in [5, 5.41) is 7.76. The van der Waals surface area contributed by atoms with Gasteiger partial charge in [-0.2, -0.15) is 5.10 Å². The lowest BCUT2D eigenvalue weighted by Crippen LogP contribution is -2.44. The quantitative estimate of drug-likeness (QED) is 0.609. The number of nitrogens with zero attached hydrogens (tertiary/aromatic N) is 3. The number of nitrogens with one attached hydrogen (secondary N) is 1. The number of piperidine rings is 1. The van der Waals surface area contributed by atoms with Crippen molar-refractivity contribution >= 4 is 5.91 Å². The predicted octanol–water partition coefficient (Wildman–Crippen LogP) is 4.15. The van der Waals surface area contributed by atoms with Gasteiger partial charge in [-0.3, -0.25) is 9.69 Å². The van der Waals surface area contributed by atoms with Gasteiger partial charge in [0.1, 0.15) is 5.75 Å². The zero-order chi connectivity index (χ0) is 22.5. The third-order valence-corrected chi connectivity index (χ3v) is 6.19. The van der Waals surface area contributed by atoms with Crippen LogP contribution in [0.2, 0.25) is 0 Å². The van der Waals surface area contributed by atoms with E-state index in [2.05, 4.69) is 53.4 Å². The molecule has 0 atom stereocenters. The molecule has 1 N–H and O–H groups in total. The van der Waals surface area contributed by atoms with E-state index in [0.29, 0.717) is 5.56 Å². The number of hydrogen-bond donors (Lipinski definition) is 1. The Labute approximate surface area is 190 Å². The number of aryl methyl sites for hydroxylation is 1. The minimum absolute atomic E-state index is 0.0218. The van der Waals surface area contributed by atoms with Gasteiger partial charge in [-0.25, -0.2) is 4.68 Å². The molecule has 0 unspecified atom stereocenters. The molecule has 2 aromatic carbocycles. The first-order valence-corrected chi connectivity index (χ1v) is 11.4. The average molecular weight is 433 g/mol. The molecule has 0 saturated carbocycles. The van der Waals surface area contributed by atoms with Crippen molar-refractivity contribution in [1.29, 1.82) is 0 Å². The molecule has 1 amide bonds. The fourth-order valence-electron chi connectivity index (χ4n) is 4.34. The molecule has 168 valence electrons. The first-order valence-electron chi connectivity index (χ1n) is 11.4. The molecule has 1 aromatic heterocycles. The Morgan fingerprint density at radius 1 is 1.16 bits per heavy atom. The molecule has 6 heteroatoms. The van der Waals surface area contributed by atoms with Crippen LogP contribution in [-0.4, -0.2) is 46.8 Å². The lowest BCUT2D eigenvalue weighted by atomic mass is 10.0. The van der Waals surface area contributed by atoms with Crippen molar-refractivity contribution in [2.45, 2.75) is 45.7 Å². The van der Waals surface area contributed by atoms with Gasteiger partial charge in [0.2, 0.25) is 0 Å². The maximum atomic E-state index is 13.0. The van der Waals surface area contributed by atoms with E-state index in [1.54, 1.807) is 13.3 Å². The Bertz CT molecular complexity index is 1050. The minimum atomic E-state index is -0.0218. The third kappa shape index (κ3) is 5.02. The second-order valence-electron chi connectivity index (χ2n) is 8.48. The van der Waals surface area contributed by atoms with Gasteiger partial charge in [-0.15, -0.1) is 0 Å². The van der Waals surface area contributed by atoms with Crippen LogP contribution in [0.15, 0.2) is 54.7 Å². The van der Waals surface area contributed by atoms with E-state index in [1.807, 2.05) is 28.9 Å². The summed E-state index contributed by atoms with van der Waals surface area (Å²) in [7, 11) is 1.70. The van der Waals surface area contributed by atoms with Gasteiger partial charge in [0.25, 0.3) is 5.91 Å². The SMILES string of the molecule is CCc1c(C(=O)NC2CCN(Cc3cccc(OC)c3)CC2)cnn1-c1ccc(C)cc1. The summed E-state index contributed by atoms with van der Waals surface area (Å²) in [6.07, 6.45) is 4.34. The highest BCUT2D eigenvalue weighted by atomic mass is 16.5. The number of ether oxygens (including phenoxy) is 1. The van der Waals surface area contributed by atoms with E-state index in [1.165, 1.54) is 11.1 Å². The number of hydrogen-bond acceptors (Lipinski definition) is 4. The Morgan fingerprint density at radius 3 is 2.59 bits per heavy atom. The van der Waals surface area contributed by atoms with Crippen LogP contribution < -0.4 is 10.1 Å². The highest BCUT2D eigenvalue weighted by Gasteiger charge is 2.24. The Morgan fingerprint density at radius 2 is 1.91 bits per heavy atom. The topological polar surface area (TPSA) is 59.4 Å². The molecular formula is C26H32N4O2. The molecule has 0 aliphatic carbocycles. The van der Waals surface area contributed by atoms with Crippen molar-refractivity contribution < 1.29 is 9.53 Å². The molecule has 4 rings (SSSR count). The van der Waals surface area contributed by atoms with Crippen molar-refractivity contribution in [3.63, 3.8) is 0 Å². The maximum Gasteiger partial charge on any atom is 0.254 e. The normalized spacial score (nSPS) is 15.0. The number of likely N-dealkylation sites (tertiary alicyclic amines) is 1. The summed E-state index contributed by atoms with van der Waals surface area (Å²) in [6, 6.07) is 16.6. The molecule has 1 saturated heterocycles. The molecule has 3 aromatic rings. The first-order chi connectivity index (χ1) is 15.6. The second-order valence-corrected chi connectivity index (χ2v) is 8.48. The van der Waals surface area contributed by atoms with Gasteiger partial charge in [0.05, 0.1) is 30.3 Å². The summed E-state index contributed by atoms with van der Waals surface area (Å²) in [5.74, 6) is 0.869. The maximum absolute atomic E-state index is 13.0. The van der Waals surface area contributed by atoms with Crippen molar-refractivity contribution in [2.75, 3.05) is 20.2 Å². The number of methoxy groups -OCH3 is 1. The number of amides is 1. The fraction of sp³-hybridized carbons (Fsp3) is 0.385. The highest BCUT2D eigenvalue weighted by molar-refractivity contribution is 5.95. The molecular weight excluding hydrogens is 400 g/mol. The van der Waals surface area contributed by atoms with Crippen LogP contribution in [0.3, 0.4) is 0 Å². The summed E-state index contributed by atoms with van der Waals surface area (Å²) in [5.41, 5.74) is 5.06. The van der Waals surface area contributed by atoms with E-state index in [-0.39, 0.29) is 11.9 Å². The molecule has 32 heavy (non-hydrogen) atoms. The summed E-state index contributed by atoms with van der Waals surface area (Å²) in [4.78, 5) is 15.5. The summed E-state index contributed by atoms with van der Waals surface area (Å²) in [6.45, 7) is 6.96. The van der Waals surface area contributed by atoms with Crippen molar-refractivity contribution in [1.82, 2.24) is 20.0 Å². The lowest BCUT2D eigenvalue weighted by Gasteiger charge is -2.32. The van der Waals surface area contributed by atoms with Gasteiger partial charge in [0, 0.05) is 25.7 Å². The first kappa shape index (κ1) is 22.1. The standard InChI is InChI=1S/C26H32N4O2/c1-4-25-24(17-27-30(25)22-10-8-19(2)9-11-22)26(31)28-21-12-14-29(15-13-21)18-20-6-5-7-23(16-20)32-3/h5-11,16-17,21H,4,12-15,18H2,1-3H3,(H,28,31). The van der Waals surface area contributed by atoms with E-state index in [4.69, 9.17) is 4.74 Å². The van der Waals surface area contributed by atoms with E-state index in [9.17, 15) is 4.79 Å². The van der Waals surface area contributed by atoms with Gasteiger partial charge in [0.15, 0.2) is 0 Å². The number of benzene rings is 2. The van der Waals surface area contributed by atoms with Gasteiger partial charge < -0.3 is 10.1 Å². The van der Waals surface area contributed by atoms with Crippen LogP contribution in [0.5, 0.6) is 5.75 Å². The van der Waals surface area contributed by atoms with Crippen LogP contribution >= 0.6 is 0 Å². The molecule has 0 spiro atoms.